The van der Waals surface area contributed by atoms with Crippen LogP contribution in [-0.4, -0.2) is 30.8 Å². The zero-order valence-corrected chi connectivity index (χ0v) is 23.9. The van der Waals surface area contributed by atoms with Crippen LogP contribution < -0.4 is 0 Å². The van der Waals surface area contributed by atoms with Gasteiger partial charge in [-0.25, -0.2) is 4.39 Å². The first-order valence-corrected chi connectivity index (χ1v) is 16.2. The number of ether oxygens (including phenoxy) is 1. The summed E-state index contributed by atoms with van der Waals surface area (Å²) in [5, 5.41) is -4.45. The first-order chi connectivity index (χ1) is 19.5. The van der Waals surface area contributed by atoms with Crippen molar-refractivity contribution in [1.29, 1.82) is 0 Å². The first kappa shape index (κ1) is 29.7. The van der Waals surface area contributed by atoms with Crippen molar-refractivity contribution in [3.8, 4) is 0 Å². The average Bonchev–Trinajstić information content (AvgIpc) is 2.93. The zero-order valence-electron chi connectivity index (χ0n) is 22.3. The van der Waals surface area contributed by atoms with Gasteiger partial charge in [0.15, 0.2) is 22.2 Å². The first-order valence-electron chi connectivity index (χ1n) is 13.6. The molecule has 0 saturated heterocycles. The zero-order chi connectivity index (χ0) is 29.3. The topological polar surface area (TPSA) is 80.7 Å². The SMILES string of the molecule is Fc1ccccc1[S+](c1ccccc1)c1ccccc1.O=C(OCC(F)(F)S(=O)(=O)O)C12CC3CC(CC(C3)C1)C2. The number of hydrogen-bond donors (Lipinski definition) is 1. The molecular formula is C31H32F3O5S2+. The van der Waals surface area contributed by atoms with Gasteiger partial charge in [-0.3, -0.25) is 9.35 Å². The molecule has 7 rings (SSSR count). The van der Waals surface area contributed by atoms with E-state index >= 15 is 0 Å². The van der Waals surface area contributed by atoms with E-state index in [1.54, 1.807) is 6.07 Å². The molecule has 218 valence electrons. The molecule has 0 radical (unpaired) electrons. The molecule has 0 amide bonds. The maximum Gasteiger partial charge on any atom is 0.402 e. The van der Waals surface area contributed by atoms with E-state index in [9.17, 15) is 26.4 Å². The summed E-state index contributed by atoms with van der Waals surface area (Å²) in [6.07, 6.45) is 5.22. The Balaban J connectivity index is 0.000000165. The van der Waals surface area contributed by atoms with Crippen LogP contribution in [0.2, 0.25) is 0 Å². The second kappa shape index (κ2) is 11.8. The van der Waals surface area contributed by atoms with Crippen molar-refractivity contribution in [2.45, 2.75) is 58.5 Å². The van der Waals surface area contributed by atoms with Gasteiger partial charge in [0.1, 0.15) is 10.9 Å². The second-order valence-corrected chi connectivity index (χ2v) is 14.8. The molecule has 10 heteroatoms. The Morgan fingerprint density at radius 1 is 0.829 bits per heavy atom. The summed E-state index contributed by atoms with van der Waals surface area (Å²) in [7, 11) is -5.97. The van der Waals surface area contributed by atoms with Crippen molar-refractivity contribution in [3.63, 3.8) is 0 Å². The molecule has 4 bridgehead atoms. The van der Waals surface area contributed by atoms with Crippen molar-refractivity contribution >= 4 is 27.0 Å². The molecule has 4 saturated carbocycles. The predicted octanol–water partition coefficient (Wildman–Crippen LogP) is 7.15. The summed E-state index contributed by atoms with van der Waals surface area (Å²) in [5.74, 6) is 0.469. The third-order valence-electron chi connectivity index (χ3n) is 8.23. The molecule has 0 aliphatic heterocycles. The Hall–Kier alpha value is -2.82. The van der Waals surface area contributed by atoms with E-state index in [0.717, 1.165) is 33.9 Å². The molecular weight excluding hydrogens is 573 g/mol. The summed E-state index contributed by atoms with van der Waals surface area (Å²) in [5.41, 5.74) is -0.718. The van der Waals surface area contributed by atoms with Crippen molar-refractivity contribution in [3.05, 3.63) is 90.7 Å². The lowest BCUT2D eigenvalue weighted by atomic mass is 9.49. The van der Waals surface area contributed by atoms with Gasteiger partial charge in [0.2, 0.25) is 4.90 Å². The van der Waals surface area contributed by atoms with Crippen LogP contribution in [0, 0.1) is 29.0 Å². The lowest BCUT2D eigenvalue weighted by Gasteiger charge is -2.55. The molecule has 1 N–H and O–H groups in total. The fourth-order valence-corrected chi connectivity index (χ4v) is 9.18. The highest BCUT2D eigenvalue weighted by Gasteiger charge is 2.56. The van der Waals surface area contributed by atoms with E-state index in [-0.39, 0.29) is 5.82 Å². The van der Waals surface area contributed by atoms with Crippen molar-refractivity contribution in [1.82, 2.24) is 0 Å². The number of esters is 1. The minimum Gasteiger partial charge on any atom is -0.458 e. The normalized spacial score (nSPS) is 25.0. The van der Waals surface area contributed by atoms with E-state index in [1.807, 2.05) is 48.5 Å². The molecule has 4 aliphatic rings. The van der Waals surface area contributed by atoms with Gasteiger partial charge in [-0.2, -0.15) is 17.2 Å². The number of alkyl halides is 2. The highest BCUT2D eigenvalue weighted by atomic mass is 32.2. The molecule has 0 spiro atoms. The Kier molecular flexibility index (Phi) is 8.55. The Morgan fingerprint density at radius 3 is 1.71 bits per heavy atom. The number of carbonyl (C=O) groups is 1. The highest BCUT2D eigenvalue weighted by molar-refractivity contribution is 7.97. The molecule has 0 unspecified atom stereocenters. The summed E-state index contributed by atoms with van der Waals surface area (Å²) in [6, 6.07) is 27.2. The number of carbonyl (C=O) groups excluding carboxylic acids is 1. The van der Waals surface area contributed by atoms with E-state index in [4.69, 9.17) is 4.55 Å². The van der Waals surface area contributed by atoms with Crippen molar-refractivity contribution in [2.75, 3.05) is 6.61 Å². The minimum atomic E-state index is -5.56. The minimum absolute atomic E-state index is 0.150. The quantitative estimate of drug-likeness (QED) is 0.176. The maximum absolute atomic E-state index is 14.2. The predicted molar refractivity (Wildman–Crippen MR) is 150 cm³/mol. The molecule has 4 aliphatic carbocycles. The fraction of sp³-hybridized carbons (Fsp3) is 0.387. The lowest BCUT2D eigenvalue weighted by Crippen LogP contribution is -2.51. The fourth-order valence-electron chi connectivity index (χ4n) is 6.85. The van der Waals surface area contributed by atoms with E-state index in [0.29, 0.717) is 37.0 Å². The average molecular weight is 606 g/mol. The Bertz CT molecular complexity index is 1390. The van der Waals surface area contributed by atoms with Crippen LogP contribution in [0.3, 0.4) is 0 Å². The van der Waals surface area contributed by atoms with Gasteiger partial charge in [0.25, 0.3) is 0 Å². The van der Waals surface area contributed by atoms with Crippen LogP contribution >= 0.6 is 0 Å². The number of rotatable bonds is 7. The Morgan fingerprint density at radius 2 is 1.27 bits per heavy atom. The second-order valence-electron chi connectivity index (χ2n) is 11.2. The third-order valence-corrected chi connectivity index (χ3v) is 11.4. The van der Waals surface area contributed by atoms with Crippen LogP contribution in [0.15, 0.2) is 99.6 Å². The largest absolute Gasteiger partial charge is 0.458 e. The van der Waals surface area contributed by atoms with Gasteiger partial charge in [-0.1, -0.05) is 48.5 Å². The lowest BCUT2D eigenvalue weighted by molar-refractivity contribution is -0.176. The molecule has 3 aromatic carbocycles. The summed E-state index contributed by atoms with van der Waals surface area (Å²) in [6.45, 7) is -1.62. The van der Waals surface area contributed by atoms with Crippen LogP contribution in [-0.2, 0) is 30.5 Å². The molecule has 0 atom stereocenters. The van der Waals surface area contributed by atoms with Gasteiger partial charge >= 0.3 is 21.3 Å². The van der Waals surface area contributed by atoms with E-state index in [2.05, 4.69) is 29.0 Å². The van der Waals surface area contributed by atoms with Crippen LogP contribution in [0.4, 0.5) is 13.2 Å². The van der Waals surface area contributed by atoms with Crippen molar-refractivity contribution < 1.29 is 35.7 Å². The van der Waals surface area contributed by atoms with Crippen LogP contribution in [0.5, 0.6) is 0 Å². The van der Waals surface area contributed by atoms with Gasteiger partial charge in [0.05, 0.1) is 5.41 Å². The highest BCUT2D eigenvalue weighted by Crippen LogP contribution is 2.60. The van der Waals surface area contributed by atoms with Gasteiger partial charge in [0, 0.05) is 0 Å². The smallest absolute Gasteiger partial charge is 0.402 e. The van der Waals surface area contributed by atoms with E-state index < -0.39 is 44.3 Å². The standard InChI is InChI=1S/C18H14FS.C13H18F2O5S/c19-17-13-7-8-14-18(17)20(15-9-3-1-4-10-15)16-11-5-2-6-12-16;14-13(15,21(17,18)19)7-20-11(16)12-4-8-1-9(5-12)3-10(2-8)6-12/h1-14H;8-10H,1-7H2,(H,17,18,19)/q+1;. The molecule has 5 nitrogen and oxygen atoms in total. The summed E-state index contributed by atoms with van der Waals surface area (Å²) >= 11 is 0. The number of hydrogen-bond acceptors (Lipinski definition) is 4. The van der Waals surface area contributed by atoms with Gasteiger partial charge < -0.3 is 4.74 Å². The van der Waals surface area contributed by atoms with E-state index in [1.165, 1.54) is 6.07 Å². The maximum atomic E-state index is 14.2. The number of benzene rings is 3. The van der Waals surface area contributed by atoms with Crippen molar-refractivity contribution in [2.24, 2.45) is 23.2 Å². The number of halogens is 3. The molecule has 41 heavy (non-hydrogen) atoms. The molecule has 0 heterocycles. The monoisotopic (exact) mass is 605 g/mol. The Labute approximate surface area is 241 Å². The van der Waals surface area contributed by atoms with Gasteiger partial charge in [-0.15, -0.1) is 0 Å². The van der Waals surface area contributed by atoms with Crippen LogP contribution in [0.1, 0.15) is 38.5 Å². The summed E-state index contributed by atoms with van der Waals surface area (Å²) in [4.78, 5) is 15.2. The molecule has 3 aromatic rings. The summed E-state index contributed by atoms with van der Waals surface area (Å²) < 4.78 is 74.6. The molecule has 4 fully saturated rings. The molecule has 0 aromatic heterocycles. The van der Waals surface area contributed by atoms with Crippen LogP contribution in [0.25, 0.3) is 0 Å². The third kappa shape index (κ3) is 6.49. The van der Waals surface area contributed by atoms with Gasteiger partial charge in [-0.05, 0) is 92.7 Å².